The van der Waals surface area contributed by atoms with Crippen LogP contribution in [-0.2, 0) is 0 Å². The van der Waals surface area contributed by atoms with Crippen molar-refractivity contribution in [1.29, 1.82) is 0 Å². The molecule has 7 rings (SSSR count). The van der Waals surface area contributed by atoms with E-state index in [9.17, 15) is 0 Å². The standard InChI is InChI=1S/C41H37B/c1-24-19-27(4)40(28(5)20-24)42(41-29(6)21-25(2)22-30(41)7)37-18-14-32-13-15-34-36(31-11-9-8-10-12-31)23-26(3)33-16-17-35(37)38(32)39(33)34/h8-23H,1-7H3. The molecule has 0 saturated heterocycles. The van der Waals surface area contributed by atoms with Gasteiger partial charge in [-0.25, -0.2) is 0 Å². The molecular weight excluding hydrogens is 503 g/mol. The third-order valence-corrected chi connectivity index (χ3v) is 9.47. The second-order valence-corrected chi connectivity index (χ2v) is 12.6. The Morgan fingerprint density at radius 2 is 0.952 bits per heavy atom. The average molecular weight is 541 g/mol. The molecule has 1 heteroatoms. The molecule has 0 amide bonds. The summed E-state index contributed by atoms with van der Waals surface area (Å²) in [5, 5.41) is 8.13. The molecule has 7 aromatic rings. The molecule has 0 aromatic heterocycles. The second-order valence-electron chi connectivity index (χ2n) is 12.6. The Labute approximate surface area is 250 Å². The SMILES string of the molecule is Cc1cc(C)c(B(c2c(C)cc(C)cc2C)c2ccc3ccc4c(-c5ccccc5)cc(C)c5ccc2c3c54)c(C)c1. The van der Waals surface area contributed by atoms with E-state index in [1.165, 1.54) is 98.8 Å². The summed E-state index contributed by atoms with van der Waals surface area (Å²) < 4.78 is 0. The van der Waals surface area contributed by atoms with Crippen LogP contribution >= 0.6 is 0 Å². The lowest BCUT2D eigenvalue weighted by atomic mass is 9.33. The van der Waals surface area contributed by atoms with Gasteiger partial charge in [0.2, 0.25) is 6.71 Å². The van der Waals surface area contributed by atoms with Gasteiger partial charge < -0.3 is 0 Å². The molecule has 0 aliphatic heterocycles. The predicted octanol–water partition coefficient (Wildman–Crippen LogP) is 8.93. The second kappa shape index (κ2) is 9.88. The van der Waals surface area contributed by atoms with Gasteiger partial charge in [-0.1, -0.05) is 147 Å². The van der Waals surface area contributed by atoms with E-state index in [0.29, 0.717) is 0 Å². The zero-order chi connectivity index (χ0) is 29.3. The number of hydrogen-bond donors (Lipinski definition) is 0. The van der Waals surface area contributed by atoms with Crippen molar-refractivity contribution >= 4 is 55.4 Å². The van der Waals surface area contributed by atoms with Crippen LogP contribution in [0.2, 0.25) is 0 Å². The van der Waals surface area contributed by atoms with Gasteiger partial charge >= 0.3 is 0 Å². The van der Waals surface area contributed by atoms with E-state index in [2.05, 4.69) is 146 Å². The van der Waals surface area contributed by atoms with Gasteiger partial charge in [-0.2, -0.15) is 0 Å². The van der Waals surface area contributed by atoms with Gasteiger partial charge in [0.25, 0.3) is 0 Å². The summed E-state index contributed by atoms with van der Waals surface area (Å²) >= 11 is 0. The summed E-state index contributed by atoms with van der Waals surface area (Å²) in [5.41, 5.74) is 16.3. The van der Waals surface area contributed by atoms with Crippen molar-refractivity contribution in [2.24, 2.45) is 0 Å². The fourth-order valence-corrected chi connectivity index (χ4v) is 7.95. The van der Waals surface area contributed by atoms with Crippen LogP contribution < -0.4 is 16.4 Å². The van der Waals surface area contributed by atoms with Crippen LogP contribution in [0.1, 0.15) is 38.9 Å². The molecule has 0 radical (unpaired) electrons. The van der Waals surface area contributed by atoms with Crippen LogP contribution in [-0.4, -0.2) is 6.71 Å². The maximum Gasteiger partial charge on any atom is 0.243 e. The molecule has 0 fully saturated rings. The number of aryl methyl sites for hydroxylation is 7. The lowest BCUT2D eigenvalue weighted by Gasteiger charge is -2.26. The van der Waals surface area contributed by atoms with E-state index in [4.69, 9.17) is 0 Å². The first-order chi connectivity index (χ1) is 20.2. The van der Waals surface area contributed by atoms with Crippen LogP contribution in [0.15, 0.2) is 97.1 Å². The zero-order valence-corrected chi connectivity index (χ0v) is 25.8. The minimum Gasteiger partial charge on any atom is -0.0657 e. The topological polar surface area (TPSA) is 0 Å². The summed E-state index contributed by atoms with van der Waals surface area (Å²) in [6.07, 6.45) is 0. The summed E-state index contributed by atoms with van der Waals surface area (Å²) in [6.45, 7) is 16.0. The van der Waals surface area contributed by atoms with Crippen LogP contribution in [0.3, 0.4) is 0 Å². The van der Waals surface area contributed by atoms with Gasteiger partial charge in [0.05, 0.1) is 0 Å². The minimum absolute atomic E-state index is 0.144. The van der Waals surface area contributed by atoms with Gasteiger partial charge in [-0.3, -0.25) is 0 Å². The Morgan fingerprint density at radius 3 is 1.55 bits per heavy atom. The Hall–Kier alpha value is -4.36. The first-order valence-electron chi connectivity index (χ1n) is 15.1. The molecule has 204 valence electrons. The predicted molar refractivity (Wildman–Crippen MR) is 186 cm³/mol. The molecule has 0 saturated carbocycles. The fourth-order valence-electron chi connectivity index (χ4n) is 7.95. The third-order valence-electron chi connectivity index (χ3n) is 9.47. The summed E-state index contributed by atoms with van der Waals surface area (Å²) in [7, 11) is 0. The van der Waals surface area contributed by atoms with Crippen LogP contribution in [0.5, 0.6) is 0 Å². The highest BCUT2D eigenvalue weighted by Gasteiger charge is 2.30. The molecule has 0 unspecified atom stereocenters. The first-order valence-corrected chi connectivity index (χ1v) is 15.1. The third kappa shape index (κ3) is 4.06. The Balaban J connectivity index is 1.62. The Morgan fingerprint density at radius 1 is 0.429 bits per heavy atom. The highest BCUT2D eigenvalue weighted by molar-refractivity contribution is 6.98. The first kappa shape index (κ1) is 26.5. The van der Waals surface area contributed by atoms with Crippen LogP contribution in [0.25, 0.3) is 43.4 Å². The highest BCUT2D eigenvalue weighted by Crippen LogP contribution is 2.40. The molecule has 7 aromatic carbocycles. The molecule has 0 atom stereocenters. The van der Waals surface area contributed by atoms with Gasteiger partial charge in [-0.05, 0) is 97.5 Å². The fraction of sp³-hybridized carbons (Fsp3) is 0.171. The largest absolute Gasteiger partial charge is 0.243 e. The Bertz CT molecular complexity index is 2050. The Kier molecular flexibility index (Phi) is 6.24. The molecule has 0 nitrogen and oxygen atoms in total. The van der Waals surface area contributed by atoms with E-state index in [-0.39, 0.29) is 6.71 Å². The molecule has 0 aliphatic rings. The van der Waals surface area contributed by atoms with Gasteiger partial charge in [-0.15, -0.1) is 0 Å². The molecule has 0 bridgehead atoms. The quantitative estimate of drug-likeness (QED) is 0.154. The van der Waals surface area contributed by atoms with E-state index in [0.717, 1.165) is 0 Å². The molecule has 42 heavy (non-hydrogen) atoms. The number of rotatable bonds is 4. The van der Waals surface area contributed by atoms with Gasteiger partial charge in [0.1, 0.15) is 0 Å². The van der Waals surface area contributed by atoms with Crippen molar-refractivity contribution < 1.29 is 0 Å². The van der Waals surface area contributed by atoms with Crippen molar-refractivity contribution in [3.05, 3.63) is 136 Å². The number of hydrogen-bond acceptors (Lipinski definition) is 0. The van der Waals surface area contributed by atoms with E-state index in [1.54, 1.807) is 0 Å². The van der Waals surface area contributed by atoms with E-state index >= 15 is 0 Å². The normalized spacial score (nSPS) is 11.7. The van der Waals surface area contributed by atoms with E-state index < -0.39 is 0 Å². The number of benzene rings is 7. The molecule has 0 aliphatic carbocycles. The molecule has 0 N–H and O–H groups in total. The van der Waals surface area contributed by atoms with Crippen molar-refractivity contribution in [2.45, 2.75) is 48.5 Å². The smallest absolute Gasteiger partial charge is 0.0657 e. The summed E-state index contributed by atoms with van der Waals surface area (Å²) in [6, 6.07) is 36.9. The lowest BCUT2D eigenvalue weighted by Crippen LogP contribution is -2.56. The van der Waals surface area contributed by atoms with E-state index in [1.807, 2.05) is 0 Å². The average Bonchev–Trinajstić information content (AvgIpc) is 2.95. The van der Waals surface area contributed by atoms with Crippen LogP contribution in [0.4, 0.5) is 0 Å². The zero-order valence-electron chi connectivity index (χ0n) is 25.8. The maximum absolute atomic E-state index is 2.41. The van der Waals surface area contributed by atoms with Crippen molar-refractivity contribution in [2.75, 3.05) is 0 Å². The molecular formula is C41H37B. The summed E-state index contributed by atoms with van der Waals surface area (Å²) in [4.78, 5) is 0. The highest BCUT2D eigenvalue weighted by atomic mass is 14.2. The molecule has 0 spiro atoms. The summed E-state index contributed by atoms with van der Waals surface area (Å²) in [5.74, 6) is 0. The minimum atomic E-state index is 0.144. The van der Waals surface area contributed by atoms with Crippen molar-refractivity contribution in [3.8, 4) is 11.1 Å². The maximum atomic E-state index is 2.41. The van der Waals surface area contributed by atoms with Crippen molar-refractivity contribution in [3.63, 3.8) is 0 Å². The van der Waals surface area contributed by atoms with Crippen LogP contribution in [0, 0.1) is 48.5 Å². The van der Waals surface area contributed by atoms with Crippen molar-refractivity contribution in [1.82, 2.24) is 0 Å². The monoisotopic (exact) mass is 540 g/mol. The lowest BCUT2D eigenvalue weighted by molar-refractivity contribution is 1.34. The molecule has 0 heterocycles. The van der Waals surface area contributed by atoms with Gasteiger partial charge in [0, 0.05) is 0 Å². The van der Waals surface area contributed by atoms with Gasteiger partial charge in [0.15, 0.2) is 0 Å².